The van der Waals surface area contributed by atoms with Crippen LogP contribution in [0.25, 0.3) is 5.69 Å². The highest BCUT2D eigenvalue weighted by atomic mass is 32.1. The average Bonchev–Trinajstić information content (AvgIpc) is 2.65. The molecular formula is C10H11N3OS. The van der Waals surface area contributed by atoms with Gasteiger partial charge >= 0.3 is 0 Å². The molecule has 78 valence electrons. The number of aliphatic hydroxyl groups excluding tert-OH is 1. The summed E-state index contributed by atoms with van der Waals surface area (Å²) in [5, 5.41) is 15.6. The number of benzene rings is 1. The van der Waals surface area contributed by atoms with Crippen molar-refractivity contribution in [1.29, 1.82) is 0 Å². The van der Waals surface area contributed by atoms with Gasteiger partial charge in [-0.2, -0.15) is 5.10 Å². The first-order valence-electron chi connectivity index (χ1n) is 4.55. The van der Waals surface area contributed by atoms with Crippen LogP contribution in [0.3, 0.4) is 0 Å². The number of aromatic nitrogens is 3. The molecule has 0 saturated heterocycles. The van der Waals surface area contributed by atoms with Crippen molar-refractivity contribution < 1.29 is 5.11 Å². The molecule has 1 heterocycles. The van der Waals surface area contributed by atoms with E-state index < -0.39 is 0 Å². The lowest BCUT2D eigenvalue weighted by Gasteiger charge is -2.07. The van der Waals surface area contributed by atoms with E-state index in [-0.39, 0.29) is 6.61 Å². The number of aryl methyl sites for hydroxylation is 1. The second-order valence-corrected chi connectivity index (χ2v) is 3.70. The number of H-pyrrole nitrogens is 1. The molecule has 0 saturated carbocycles. The van der Waals surface area contributed by atoms with E-state index in [0.717, 1.165) is 16.8 Å². The predicted molar refractivity (Wildman–Crippen MR) is 59.4 cm³/mol. The molecule has 2 N–H and O–H groups in total. The lowest BCUT2D eigenvalue weighted by Crippen LogP contribution is -1.97. The van der Waals surface area contributed by atoms with E-state index >= 15 is 0 Å². The van der Waals surface area contributed by atoms with Crippen molar-refractivity contribution in [2.24, 2.45) is 0 Å². The van der Waals surface area contributed by atoms with Crippen molar-refractivity contribution >= 4 is 12.2 Å². The van der Waals surface area contributed by atoms with Gasteiger partial charge in [0.1, 0.15) is 6.33 Å². The van der Waals surface area contributed by atoms with Crippen molar-refractivity contribution in [3.63, 3.8) is 0 Å². The molecule has 5 heteroatoms. The first-order valence-corrected chi connectivity index (χ1v) is 4.96. The Morgan fingerprint density at radius 2 is 2.33 bits per heavy atom. The molecule has 1 aromatic carbocycles. The van der Waals surface area contributed by atoms with Crippen LogP contribution in [0, 0.1) is 11.7 Å². The van der Waals surface area contributed by atoms with Crippen LogP contribution in [-0.4, -0.2) is 19.9 Å². The summed E-state index contributed by atoms with van der Waals surface area (Å²) >= 11 is 5.09. The Hall–Kier alpha value is -1.46. The fraction of sp³-hybridized carbons (Fsp3) is 0.200. The van der Waals surface area contributed by atoms with E-state index in [1.165, 1.54) is 0 Å². The quantitative estimate of drug-likeness (QED) is 0.759. The minimum absolute atomic E-state index is 0.0262. The van der Waals surface area contributed by atoms with Gasteiger partial charge in [-0.15, -0.1) is 0 Å². The lowest BCUT2D eigenvalue weighted by molar-refractivity contribution is 0.282. The van der Waals surface area contributed by atoms with Gasteiger partial charge in [-0.25, -0.2) is 0 Å². The third kappa shape index (κ3) is 1.84. The van der Waals surface area contributed by atoms with Crippen LogP contribution < -0.4 is 0 Å². The van der Waals surface area contributed by atoms with Gasteiger partial charge in [0.05, 0.1) is 12.3 Å². The predicted octanol–water partition coefficient (Wildman–Crippen LogP) is 1.73. The minimum atomic E-state index is 0.0262. The van der Waals surface area contributed by atoms with Crippen molar-refractivity contribution in [2.45, 2.75) is 13.5 Å². The first kappa shape index (κ1) is 10.1. The first-order chi connectivity index (χ1) is 7.22. The SMILES string of the molecule is Cc1ccc(CO)cc1-n1cn[nH]c1=S. The summed E-state index contributed by atoms with van der Waals surface area (Å²) in [6, 6.07) is 5.75. The molecule has 0 spiro atoms. The van der Waals surface area contributed by atoms with E-state index in [9.17, 15) is 0 Å². The van der Waals surface area contributed by atoms with Crippen LogP contribution in [-0.2, 0) is 6.61 Å². The van der Waals surface area contributed by atoms with Crippen molar-refractivity contribution in [3.8, 4) is 5.69 Å². The zero-order valence-electron chi connectivity index (χ0n) is 8.27. The molecule has 4 nitrogen and oxygen atoms in total. The maximum absolute atomic E-state index is 9.06. The molecule has 0 radical (unpaired) electrons. The molecule has 0 fully saturated rings. The van der Waals surface area contributed by atoms with E-state index in [4.69, 9.17) is 17.3 Å². The Labute approximate surface area is 92.2 Å². The molecule has 0 atom stereocenters. The number of aromatic amines is 1. The van der Waals surface area contributed by atoms with Crippen LogP contribution in [0.5, 0.6) is 0 Å². The van der Waals surface area contributed by atoms with Crippen LogP contribution in [0.1, 0.15) is 11.1 Å². The van der Waals surface area contributed by atoms with Crippen LogP contribution in [0.4, 0.5) is 0 Å². The molecule has 2 aromatic rings. The number of hydrogen-bond acceptors (Lipinski definition) is 3. The molecule has 15 heavy (non-hydrogen) atoms. The van der Waals surface area contributed by atoms with Gasteiger partial charge in [0.15, 0.2) is 4.77 Å². The third-order valence-electron chi connectivity index (χ3n) is 2.27. The Morgan fingerprint density at radius 3 is 2.93 bits per heavy atom. The summed E-state index contributed by atoms with van der Waals surface area (Å²) in [4.78, 5) is 0. The second-order valence-electron chi connectivity index (χ2n) is 3.31. The van der Waals surface area contributed by atoms with E-state index in [1.807, 2.05) is 25.1 Å². The molecule has 0 unspecified atom stereocenters. The third-order valence-corrected chi connectivity index (χ3v) is 2.56. The van der Waals surface area contributed by atoms with E-state index in [2.05, 4.69) is 10.2 Å². The molecule has 1 aromatic heterocycles. The molecule has 0 bridgehead atoms. The largest absolute Gasteiger partial charge is 0.392 e. The molecule has 0 aliphatic heterocycles. The van der Waals surface area contributed by atoms with Gasteiger partial charge in [-0.1, -0.05) is 12.1 Å². The topological polar surface area (TPSA) is 53.8 Å². The van der Waals surface area contributed by atoms with Gasteiger partial charge in [0, 0.05) is 0 Å². The van der Waals surface area contributed by atoms with Crippen LogP contribution in [0.15, 0.2) is 24.5 Å². The average molecular weight is 221 g/mol. The molecule has 0 aliphatic carbocycles. The number of hydrogen-bond donors (Lipinski definition) is 2. The normalized spacial score (nSPS) is 10.5. The molecule has 0 amide bonds. The molecule has 0 aliphatic rings. The van der Waals surface area contributed by atoms with Gasteiger partial charge < -0.3 is 5.11 Å². The molecular weight excluding hydrogens is 210 g/mol. The van der Waals surface area contributed by atoms with Crippen molar-refractivity contribution in [2.75, 3.05) is 0 Å². The Balaban J connectivity index is 2.62. The smallest absolute Gasteiger partial charge is 0.199 e. The fourth-order valence-electron chi connectivity index (χ4n) is 1.43. The maximum Gasteiger partial charge on any atom is 0.199 e. The van der Waals surface area contributed by atoms with Crippen molar-refractivity contribution in [1.82, 2.24) is 14.8 Å². The zero-order chi connectivity index (χ0) is 10.8. The van der Waals surface area contributed by atoms with Crippen molar-refractivity contribution in [3.05, 3.63) is 40.4 Å². The molecule has 2 rings (SSSR count). The monoisotopic (exact) mass is 221 g/mol. The van der Waals surface area contributed by atoms with Gasteiger partial charge in [-0.3, -0.25) is 9.67 Å². The highest BCUT2D eigenvalue weighted by molar-refractivity contribution is 7.71. The number of aliphatic hydroxyl groups is 1. The summed E-state index contributed by atoms with van der Waals surface area (Å²) in [6.45, 7) is 2.02. The minimum Gasteiger partial charge on any atom is -0.392 e. The fourth-order valence-corrected chi connectivity index (χ4v) is 1.63. The lowest BCUT2D eigenvalue weighted by atomic mass is 10.1. The zero-order valence-corrected chi connectivity index (χ0v) is 9.08. The summed E-state index contributed by atoms with van der Waals surface area (Å²) in [5.41, 5.74) is 2.89. The van der Waals surface area contributed by atoms with Gasteiger partial charge in [-0.05, 0) is 36.3 Å². The number of nitrogens with one attached hydrogen (secondary N) is 1. The summed E-state index contributed by atoms with van der Waals surface area (Å²) in [5.74, 6) is 0. The summed E-state index contributed by atoms with van der Waals surface area (Å²) in [7, 11) is 0. The van der Waals surface area contributed by atoms with Gasteiger partial charge in [0.25, 0.3) is 0 Å². The van der Waals surface area contributed by atoms with E-state index in [0.29, 0.717) is 4.77 Å². The number of nitrogens with zero attached hydrogens (tertiary/aromatic N) is 2. The van der Waals surface area contributed by atoms with E-state index in [1.54, 1.807) is 10.9 Å². The Kier molecular flexibility index (Phi) is 2.66. The standard InChI is InChI=1S/C10H11N3OS/c1-7-2-3-8(5-14)4-9(7)13-6-11-12-10(13)15/h2-4,6,14H,5H2,1H3,(H,12,15). The highest BCUT2D eigenvalue weighted by Gasteiger charge is 2.03. The van der Waals surface area contributed by atoms with Crippen LogP contribution in [0.2, 0.25) is 0 Å². The summed E-state index contributed by atoms with van der Waals surface area (Å²) < 4.78 is 2.33. The van der Waals surface area contributed by atoms with Gasteiger partial charge in [0.2, 0.25) is 0 Å². The Morgan fingerprint density at radius 1 is 1.53 bits per heavy atom. The number of rotatable bonds is 2. The maximum atomic E-state index is 9.06. The highest BCUT2D eigenvalue weighted by Crippen LogP contribution is 2.16. The van der Waals surface area contributed by atoms with Crippen LogP contribution >= 0.6 is 12.2 Å². The Bertz CT molecular complexity index is 529. The summed E-state index contributed by atoms with van der Waals surface area (Å²) in [6.07, 6.45) is 1.63. The second kappa shape index (κ2) is 3.96.